The van der Waals surface area contributed by atoms with Crippen LogP contribution < -0.4 is 4.74 Å². The standard InChI is InChI=1S/C16H15IN2O6S/c1-10-8-11(4-7-15(10)19(21)22)25-16(20)13-9-12(5-6-14(13)17)26(23,24)18(2)3/h4-9H,1-3H3. The highest BCUT2D eigenvalue weighted by atomic mass is 127. The SMILES string of the molecule is Cc1cc(OC(=O)c2cc(S(=O)(=O)N(C)C)ccc2I)ccc1[N+](=O)[O-]. The average molecular weight is 490 g/mol. The number of nitro groups is 1. The lowest BCUT2D eigenvalue weighted by Gasteiger charge is -2.13. The van der Waals surface area contributed by atoms with Crippen LogP contribution in [-0.4, -0.2) is 37.7 Å². The predicted octanol–water partition coefficient (Wildman–Crippen LogP) is 2.98. The van der Waals surface area contributed by atoms with E-state index in [9.17, 15) is 23.3 Å². The normalized spacial score (nSPS) is 11.4. The summed E-state index contributed by atoms with van der Waals surface area (Å²) in [6.07, 6.45) is 0. The molecule has 26 heavy (non-hydrogen) atoms. The number of hydrogen-bond acceptors (Lipinski definition) is 6. The molecule has 2 aromatic carbocycles. The summed E-state index contributed by atoms with van der Waals surface area (Å²) in [7, 11) is -0.910. The predicted molar refractivity (Wildman–Crippen MR) is 103 cm³/mol. The van der Waals surface area contributed by atoms with Gasteiger partial charge in [0, 0.05) is 29.3 Å². The number of esters is 1. The average Bonchev–Trinajstić information content (AvgIpc) is 2.54. The summed E-state index contributed by atoms with van der Waals surface area (Å²) in [5.74, 6) is -0.617. The van der Waals surface area contributed by atoms with Crippen LogP contribution in [0.2, 0.25) is 0 Å². The fourth-order valence-corrected chi connectivity index (χ4v) is 3.57. The zero-order valence-corrected chi connectivity index (χ0v) is 17.1. The summed E-state index contributed by atoms with van der Waals surface area (Å²) in [6.45, 7) is 1.53. The monoisotopic (exact) mass is 490 g/mol. The van der Waals surface area contributed by atoms with Gasteiger partial charge in [0.15, 0.2) is 0 Å². The number of aryl methyl sites for hydroxylation is 1. The van der Waals surface area contributed by atoms with E-state index in [0.717, 1.165) is 4.31 Å². The van der Waals surface area contributed by atoms with Gasteiger partial charge in [-0.1, -0.05) is 0 Å². The molecule has 0 atom stereocenters. The lowest BCUT2D eigenvalue weighted by molar-refractivity contribution is -0.385. The third kappa shape index (κ3) is 4.19. The van der Waals surface area contributed by atoms with Crippen LogP contribution in [0.25, 0.3) is 0 Å². The lowest BCUT2D eigenvalue weighted by Crippen LogP contribution is -2.23. The summed E-state index contributed by atoms with van der Waals surface area (Å²) >= 11 is 1.90. The number of rotatable bonds is 5. The van der Waals surface area contributed by atoms with E-state index in [1.807, 2.05) is 22.6 Å². The molecule has 0 radical (unpaired) electrons. The Morgan fingerprint density at radius 3 is 2.38 bits per heavy atom. The Labute approximate surface area is 164 Å². The van der Waals surface area contributed by atoms with E-state index in [1.165, 1.54) is 57.4 Å². The van der Waals surface area contributed by atoms with Crippen LogP contribution in [0.1, 0.15) is 15.9 Å². The van der Waals surface area contributed by atoms with Crippen molar-refractivity contribution < 1.29 is 22.9 Å². The molecule has 2 rings (SSSR count). The third-order valence-electron chi connectivity index (χ3n) is 3.51. The van der Waals surface area contributed by atoms with Crippen LogP contribution in [0.5, 0.6) is 5.75 Å². The maximum absolute atomic E-state index is 12.4. The summed E-state index contributed by atoms with van der Waals surface area (Å²) in [4.78, 5) is 22.7. The van der Waals surface area contributed by atoms with Crippen molar-refractivity contribution in [1.82, 2.24) is 4.31 Å². The number of nitrogens with zero attached hydrogens (tertiary/aromatic N) is 2. The van der Waals surface area contributed by atoms with E-state index in [-0.39, 0.29) is 21.9 Å². The Kier molecular flexibility index (Phi) is 5.98. The topological polar surface area (TPSA) is 107 Å². The van der Waals surface area contributed by atoms with Gasteiger partial charge in [0.1, 0.15) is 5.75 Å². The Hall–Kier alpha value is -2.05. The van der Waals surface area contributed by atoms with Crippen molar-refractivity contribution in [2.24, 2.45) is 0 Å². The van der Waals surface area contributed by atoms with Gasteiger partial charge in [0.25, 0.3) is 5.69 Å². The van der Waals surface area contributed by atoms with Gasteiger partial charge in [-0.2, -0.15) is 0 Å². The van der Waals surface area contributed by atoms with E-state index in [1.54, 1.807) is 0 Å². The van der Waals surface area contributed by atoms with Gasteiger partial charge in [-0.25, -0.2) is 17.5 Å². The van der Waals surface area contributed by atoms with Crippen LogP contribution in [-0.2, 0) is 10.0 Å². The fourth-order valence-electron chi connectivity index (χ4n) is 2.09. The van der Waals surface area contributed by atoms with E-state index in [2.05, 4.69) is 0 Å². The number of nitro benzene ring substituents is 1. The summed E-state index contributed by atoms with van der Waals surface area (Å²) in [6, 6.07) is 8.10. The molecule has 8 nitrogen and oxygen atoms in total. The molecular weight excluding hydrogens is 475 g/mol. The number of carbonyl (C=O) groups is 1. The molecule has 0 saturated heterocycles. The number of sulfonamides is 1. The molecular formula is C16H15IN2O6S. The minimum Gasteiger partial charge on any atom is -0.423 e. The van der Waals surface area contributed by atoms with Crippen molar-refractivity contribution in [1.29, 1.82) is 0 Å². The van der Waals surface area contributed by atoms with Crippen LogP contribution in [0.4, 0.5) is 5.69 Å². The number of carbonyl (C=O) groups excluding carboxylic acids is 1. The molecule has 0 aliphatic carbocycles. The number of ether oxygens (including phenoxy) is 1. The highest BCUT2D eigenvalue weighted by molar-refractivity contribution is 14.1. The first-order valence-electron chi connectivity index (χ1n) is 7.23. The van der Waals surface area contributed by atoms with E-state index in [4.69, 9.17) is 4.74 Å². The van der Waals surface area contributed by atoms with Crippen LogP contribution in [0.15, 0.2) is 41.3 Å². The van der Waals surface area contributed by atoms with E-state index in [0.29, 0.717) is 9.13 Å². The minimum absolute atomic E-state index is 0.0326. The molecule has 10 heteroatoms. The first kappa shape index (κ1) is 20.3. The fraction of sp³-hybridized carbons (Fsp3) is 0.188. The minimum atomic E-state index is -3.70. The first-order valence-corrected chi connectivity index (χ1v) is 9.75. The second-order valence-electron chi connectivity index (χ2n) is 5.52. The molecule has 0 bridgehead atoms. The van der Waals surface area contributed by atoms with Gasteiger partial charge in [0.05, 0.1) is 15.4 Å². The Morgan fingerprint density at radius 1 is 1.19 bits per heavy atom. The molecule has 0 unspecified atom stereocenters. The second kappa shape index (κ2) is 7.68. The molecule has 0 saturated carbocycles. The number of halogens is 1. The van der Waals surface area contributed by atoms with Gasteiger partial charge in [0.2, 0.25) is 10.0 Å². The first-order chi connectivity index (χ1) is 12.0. The van der Waals surface area contributed by atoms with Gasteiger partial charge < -0.3 is 4.74 Å². The highest BCUT2D eigenvalue weighted by Crippen LogP contribution is 2.25. The summed E-state index contributed by atoms with van der Waals surface area (Å²) < 4.78 is 31.3. The van der Waals surface area contributed by atoms with Gasteiger partial charge >= 0.3 is 5.97 Å². The van der Waals surface area contributed by atoms with Gasteiger partial charge in [-0.15, -0.1) is 0 Å². The van der Waals surface area contributed by atoms with Crippen molar-refractivity contribution >= 4 is 44.3 Å². The maximum Gasteiger partial charge on any atom is 0.344 e. The molecule has 138 valence electrons. The molecule has 0 amide bonds. The largest absolute Gasteiger partial charge is 0.423 e. The Balaban J connectivity index is 2.36. The van der Waals surface area contributed by atoms with E-state index >= 15 is 0 Å². The molecule has 2 aromatic rings. The lowest BCUT2D eigenvalue weighted by atomic mass is 10.2. The van der Waals surface area contributed by atoms with Crippen molar-refractivity contribution in [2.75, 3.05) is 14.1 Å². The summed E-state index contributed by atoms with van der Waals surface area (Å²) in [5.41, 5.74) is 0.349. The van der Waals surface area contributed by atoms with Gasteiger partial charge in [-0.05, 0) is 59.8 Å². The zero-order valence-electron chi connectivity index (χ0n) is 14.1. The Morgan fingerprint density at radius 2 is 1.85 bits per heavy atom. The van der Waals surface area contributed by atoms with Crippen LogP contribution >= 0.6 is 22.6 Å². The molecule has 0 fully saturated rings. The van der Waals surface area contributed by atoms with Gasteiger partial charge in [-0.3, -0.25) is 10.1 Å². The quantitative estimate of drug-likeness (QED) is 0.210. The van der Waals surface area contributed by atoms with Crippen molar-refractivity contribution in [2.45, 2.75) is 11.8 Å². The Bertz CT molecular complexity index is 988. The molecule has 0 aliphatic heterocycles. The molecule has 0 N–H and O–H groups in total. The molecule has 0 aromatic heterocycles. The third-order valence-corrected chi connectivity index (χ3v) is 6.26. The van der Waals surface area contributed by atoms with Crippen molar-refractivity contribution in [3.63, 3.8) is 0 Å². The van der Waals surface area contributed by atoms with Crippen LogP contribution in [0.3, 0.4) is 0 Å². The van der Waals surface area contributed by atoms with E-state index < -0.39 is 20.9 Å². The highest BCUT2D eigenvalue weighted by Gasteiger charge is 2.22. The second-order valence-corrected chi connectivity index (χ2v) is 8.84. The molecule has 0 heterocycles. The molecule has 0 aliphatic rings. The number of hydrogen-bond donors (Lipinski definition) is 0. The number of benzene rings is 2. The molecule has 0 spiro atoms. The zero-order chi connectivity index (χ0) is 19.6. The maximum atomic E-state index is 12.4. The smallest absolute Gasteiger partial charge is 0.344 e. The van der Waals surface area contributed by atoms with Crippen molar-refractivity contribution in [3.05, 3.63) is 61.2 Å². The van der Waals surface area contributed by atoms with Crippen molar-refractivity contribution in [3.8, 4) is 5.75 Å². The van der Waals surface area contributed by atoms with Crippen LogP contribution in [0, 0.1) is 20.6 Å². The summed E-state index contributed by atoms with van der Waals surface area (Å²) in [5, 5.41) is 10.8.